The smallest absolute Gasteiger partial charge is 0.215 e. The molecule has 0 atom stereocenters. The van der Waals surface area contributed by atoms with E-state index in [0.717, 1.165) is 17.7 Å². The van der Waals surface area contributed by atoms with E-state index in [0.29, 0.717) is 18.0 Å². The third kappa shape index (κ3) is 6.69. The van der Waals surface area contributed by atoms with E-state index in [1.54, 1.807) is 12.1 Å². The molecule has 1 rings (SSSR count). The van der Waals surface area contributed by atoms with E-state index in [-0.39, 0.29) is 18.9 Å². The highest BCUT2D eigenvalue weighted by Gasteiger charge is 2.20. The number of sulfonamides is 1. The zero-order chi connectivity index (χ0) is 15.7. The largest absolute Gasteiger partial charge is 0.399 e. The van der Waals surface area contributed by atoms with Gasteiger partial charge < -0.3 is 10.8 Å². The quantitative estimate of drug-likeness (QED) is 0.504. The lowest BCUT2D eigenvalue weighted by Crippen LogP contribution is -2.36. The third-order valence-corrected chi connectivity index (χ3v) is 6.14. The number of hydrogen-bond donors (Lipinski definition) is 2. The molecule has 0 fully saturated rings. The van der Waals surface area contributed by atoms with E-state index < -0.39 is 10.0 Å². The van der Waals surface area contributed by atoms with E-state index in [2.05, 4.69) is 0 Å². The molecule has 7 heteroatoms. The van der Waals surface area contributed by atoms with Gasteiger partial charge in [-0.25, -0.2) is 8.42 Å². The molecule has 0 bridgehead atoms. The number of thioether (sulfide) groups is 1. The Morgan fingerprint density at radius 2 is 1.90 bits per heavy atom. The molecule has 120 valence electrons. The molecule has 0 saturated carbocycles. The number of unbranched alkanes of at least 4 members (excludes halogenated alkanes) is 1. The second-order valence-electron chi connectivity index (χ2n) is 4.71. The Labute approximate surface area is 131 Å². The van der Waals surface area contributed by atoms with Gasteiger partial charge in [-0.3, -0.25) is 0 Å². The van der Waals surface area contributed by atoms with Gasteiger partial charge in [-0.15, -0.1) is 11.8 Å². The molecular formula is C14H24N2O3S2. The highest BCUT2D eigenvalue weighted by Crippen LogP contribution is 2.20. The molecule has 1 aromatic rings. The maximum absolute atomic E-state index is 12.3. The van der Waals surface area contributed by atoms with Gasteiger partial charge in [0.05, 0.1) is 12.4 Å². The molecule has 0 aliphatic rings. The number of hydrogen-bond acceptors (Lipinski definition) is 5. The molecule has 1 aromatic carbocycles. The number of anilines is 1. The molecule has 0 heterocycles. The molecule has 3 N–H and O–H groups in total. The van der Waals surface area contributed by atoms with Gasteiger partial charge in [0.2, 0.25) is 10.0 Å². The lowest BCUT2D eigenvalue weighted by atomic mass is 10.3. The van der Waals surface area contributed by atoms with Crippen LogP contribution in [0, 0.1) is 0 Å². The monoisotopic (exact) mass is 332 g/mol. The van der Waals surface area contributed by atoms with Crippen molar-refractivity contribution in [3.05, 3.63) is 24.3 Å². The van der Waals surface area contributed by atoms with Crippen molar-refractivity contribution in [3.8, 4) is 0 Å². The predicted molar refractivity (Wildman–Crippen MR) is 88.9 cm³/mol. The van der Waals surface area contributed by atoms with Crippen LogP contribution in [0.1, 0.15) is 19.8 Å². The lowest BCUT2D eigenvalue weighted by Gasteiger charge is -2.20. The summed E-state index contributed by atoms with van der Waals surface area (Å²) in [5, 5.41) is 9.01. The fraction of sp³-hybridized carbons (Fsp3) is 0.571. The molecule has 0 aliphatic heterocycles. The maximum Gasteiger partial charge on any atom is 0.215 e. The second kappa shape index (κ2) is 9.30. The fourth-order valence-electron chi connectivity index (χ4n) is 1.79. The van der Waals surface area contributed by atoms with Crippen LogP contribution in [-0.2, 0) is 10.0 Å². The van der Waals surface area contributed by atoms with Gasteiger partial charge in [-0.05, 0) is 30.7 Å². The van der Waals surface area contributed by atoms with Gasteiger partial charge in [0.15, 0.2) is 0 Å². The summed E-state index contributed by atoms with van der Waals surface area (Å²) in [7, 11) is -3.31. The number of nitrogens with zero attached hydrogens (tertiary/aromatic N) is 1. The number of benzene rings is 1. The number of aliphatic hydroxyl groups is 1. The Morgan fingerprint density at radius 3 is 2.48 bits per heavy atom. The van der Waals surface area contributed by atoms with Crippen molar-refractivity contribution < 1.29 is 13.5 Å². The summed E-state index contributed by atoms with van der Waals surface area (Å²) in [5.74, 6) is 0.562. The molecular weight excluding hydrogens is 308 g/mol. The van der Waals surface area contributed by atoms with Crippen LogP contribution in [0.3, 0.4) is 0 Å². The fourth-order valence-corrected chi connectivity index (χ4v) is 4.56. The highest BCUT2D eigenvalue weighted by atomic mass is 32.2. The van der Waals surface area contributed by atoms with Crippen LogP contribution in [0.5, 0.6) is 0 Å². The van der Waals surface area contributed by atoms with Gasteiger partial charge in [0.1, 0.15) is 0 Å². The molecule has 5 nitrogen and oxygen atoms in total. The van der Waals surface area contributed by atoms with E-state index in [1.165, 1.54) is 16.1 Å². The van der Waals surface area contributed by atoms with Crippen molar-refractivity contribution in [3.63, 3.8) is 0 Å². The Kier molecular flexibility index (Phi) is 8.10. The van der Waals surface area contributed by atoms with Crippen molar-refractivity contribution in [1.29, 1.82) is 0 Å². The number of aliphatic hydroxyl groups excluding tert-OH is 1. The van der Waals surface area contributed by atoms with E-state index in [1.807, 2.05) is 19.1 Å². The molecule has 0 amide bonds. The summed E-state index contributed by atoms with van der Waals surface area (Å²) >= 11 is 1.49. The van der Waals surface area contributed by atoms with Crippen molar-refractivity contribution in [2.45, 2.75) is 24.7 Å². The topological polar surface area (TPSA) is 83.6 Å². The Bertz CT molecular complexity index is 503. The molecule has 0 saturated heterocycles. The zero-order valence-corrected chi connectivity index (χ0v) is 14.0. The summed E-state index contributed by atoms with van der Waals surface area (Å²) in [6, 6.07) is 7.37. The average molecular weight is 332 g/mol. The van der Waals surface area contributed by atoms with E-state index >= 15 is 0 Å². The van der Waals surface area contributed by atoms with Crippen molar-refractivity contribution in [2.24, 2.45) is 0 Å². The predicted octanol–water partition coefficient (Wildman–Crippen LogP) is 1.79. The van der Waals surface area contributed by atoms with Crippen molar-refractivity contribution in [1.82, 2.24) is 4.31 Å². The van der Waals surface area contributed by atoms with Crippen LogP contribution >= 0.6 is 11.8 Å². The molecule has 21 heavy (non-hydrogen) atoms. The van der Waals surface area contributed by atoms with E-state index in [9.17, 15) is 8.42 Å². The molecule has 0 aliphatic carbocycles. The maximum atomic E-state index is 12.3. The van der Waals surface area contributed by atoms with Crippen molar-refractivity contribution >= 4 is 27.5 Å². The highest BCUT2D eigenvalue weighted by molar-refractivity contribution is 8.00. The minimum Gasteiger partial charge on any atom is -0.399 e. The second-order valence-corrected chi connectivity index (χ2v) is 7.97. The lowest BCUT2D eigenvalue weighted by molar-refractivity contribution is 0.252. The molecule has 0 radical (unpaired) electrons. The van der Waals surface area contributed by atoms with Crippen LogP contribution in [0.4, 0.5) is 5.69 Å². The van der Waals surface area contributed by atoms with Crippen LogP contribution < -0.4 is 5.73 Å². The van der Waals surface area contributed by atoms with Crippen LogP contribution in [-0.4, -0.2) is 49.0 Å². The average Bonchev–Trinajstić information content (AvgIpc) is 2.45. The number of nitrogen functional groups attached to an aromatic ring is 1. The van der Waals surface area contributed by atoms with Gasteiger partial charge in [-0.2, -0.15) is 4.31 Å². The molecule has 0 spiro atoms. The Balaban J connectivity index is 2.51. The van der Waals surface area contributed by atoms with Crippen LogP contribution in [0.2, 0.25) is 0 Å². The Hall–Kier alpha value is -0.760. The summed E-state index contributed by atoms with van der Waals surface area (Å²) in [6.07, 6.45) is 1.74. The molecule has 0 aromatic heterocycles. The minimum atomic E-state index is -3.31. The van der Waals surface area contributed by atoms with Crippen molar-refractivity contribution in [2.75, 3.05) is 36.9 Å². The Morgan fingerprint density at radius 1 is 1.24 bits per heavy atom. The molecule has 0 unspecified atom stereocenters. The van der Waals surface area contributed by atoms with E-state index in [4.69, 9.17) is 10.8 Å². The van der Waals surface area contributed by atoms with Crippen LogP contribution in [0.15, 0.2) is 29.2 Å². The summed E-state index contributed by atoms with van der Waals surface area (Å²) in [4.78, 5) is 1.00. The summed E-state index contributed by atoms with van der Waals surface area (Å²) in [5.41, 5.74) is 6.30. The van der Waals surface area contributed by atoms with Crippen LogP contribution in [0.25, 0.3) is 0 Å². The first-order chi connectivity index (χ1) is 9.99. The minimum absolute atomic E-state index is 0.0752. The SMILES string of the molecule is CCCCN(CCO)S(=O)(=O)CCSc1ccc(N)cc1. The third-order valence-electron chi connectivity index (χ3n) is 2.99. The van der Waals surface area contributed by atoms with Gasteiger partial charge in [0, 0.05) is 29.4 Å². The zero-order valence-electron chi connectivity index (χ0n) is 12.4. The number of nitrogens with two attached hydrogens (primary N) is 1. The number of rotatable bonds is 10. The van der Waals surface area contributed by atoms with Gasteiger partial charge in [0.25, 0.3) is 0 Å². The van der Waals surface area contributed by atoms with Gasteiger partial charge >= 0.3 is 0 Å². The standard InChI is InChI=1S/C14H24N2O3S2/c1-2-3-8-16(9-10-17)21(18,19)12-11-20-14-6-4-13(15)5-7-14/h4-7,17H,2-3,8-12,15H2,1H3. The van der Waals surface area contributed by atoms with Gasteiger partial charge in [-0.1, -0.05) is 13.3 Å². The first-order valence-electron chi connectivity index (χ1n) is 7.06. The first-order valence-corrected chi connectivity index (χ1v) is 9.66. The summed E-state index contributed by atoms with van der Waals surface area (Å²) < 4.78 is 25.9. The normalized spacial score (nSPS) is 12.0. The summed E-state index contributed by atoms with van der Waals surface area (Å²) in [6.45, 7) is 2.52. The first kappa shape index (κ1) is 18.3.